The molecule has 0 radical (unpaired) electrons. The molecule has 4 rings (SSSR count). The number of hydrogen-bond donors (Lipinski definition) is 1. The van der Waals surface area contributed by atoms with E-state index in [1.807, 2.05) is 16.7 Å². The highest BCUT2D eigenvalue weighted by Gasteiger charge is 2.51. The number of halogens is 3. The van der Waals surface area contributed by atoms with Crippen molar-refractivity contribution in [2.45, 2.75) is 49.1 Å². The molecule has 6 nitrogen and oxygen atoms in total. The van der Waals surface area contributed by atoms with Crippen molar-refractivity contribution in [2.24, 2.45) is 5.92 Å². The maximum absolute atomic E-state index is 12.4. The fourth-order valence-electron chi connectivity index (χ4n) is 4.05. The molecule has 166 valence electrons. The molecule has 1 atom stereocenters. The molecule has 1 amide bonds. The minimum atomic E-state index is -5.08. The van der Waals surface area contributed by atoms with E-state index in [1.54, 1.807) is 24.5 Å². The van der Waals surface area contributed by atoms with E-state index >= 15 is 0 Å². The van der Waals surface area contributed by atoms with E-state index in [0.717, 1.165) is 43.4 Å². The third-order valence-electron chi connectivity index (χ3n) is 5.63. The van der Waals surface area contributed by atoms with Crippen LogP contribution >= 0.6 is 11.8 Å². The molecule has 2 saturated heterocycles. The molecule has 3 fully saturated rings. The van der Waals surface area contributed by atoms with Crippen molar-refractivity contribution in [3.8, 4) is 0 Å². The van der Waals surface area contributed by atoms with Crippen LogP contribution < -0.4 is 0 Å². The van der Waals surface area contributed by atoms with Gasteiger partial charge in [0.2, 0.25) is 0 Å². The summed E-state index contributed by atoms with van der Waals surface area (Å²) in [5.41, 5.74) is 0.742. The van der Waals surface area contributed by atoms with Crippen molar-refractivity contribution < 1.29 is 32.6 Å². The second-order valence-corrected chi connectivity index (χ2v) is 9.49. The van der Waals surface area contributed by atoms with Gasteiger partial charge in [0.25, 0.3) is 5.91 Å². The minimum absolute atomic E-state index is 0.133. The molecule has 2 aliphatic heterocycles. The molecular formula is C20H25F3N2O4S. The average Bonchev–Trinajstić information content (AvgIpc) is 3.35. The van der Waals surface area contributed by atoms with Crippen LogP contribution in [0, 0.1) is 5.92 Å². The lowest BCUT2D eigenvalue weighted by atomic mass is 9.92. The zero-order valence-corrected chi connectivity index (χ0v) is 17.3. The Hall–Kier alpha value is -1.81. The normalized spacial score (nSPS) is 23.0. The summed E-state index contributed by atoms with van der Waals surface area (Å²) in [5.74, 6) is -0.742. The fraction of sp³-hybridized carbons (Fsp3) is 0.650. The smallest absolute Gasteiger partial charge is 0.475 e. The quantitative estimate of drug-likeness (QED) is 0.761. The predicted octanol–water partition coefficient (Wildman–Crippen LogP) is 3.62. The Morgan fingerprint density at radius 2 is 1.83 bits per heavy atom. The topological polar surface area (TPSA) is 79.7 Å². The molecule has 1 spiro atoms. The van der Waals surface area contributed by atoms with Crippen molar-refractivity contribution in [3.05, 3.63) is 30.1 Å². The number of alkyl halides is 3. The van der Waals surface area contributed by atoms with Crippen LogP contribution in [0.1, 0.15) is 42.5 Å². The molecule has 3 heterocycles. The number of carboxylic acid groups (broad SMARTS) is 1. The van der Waals surface area contributed by atoms with Gasteiger partial charge in [-0.25, -0.2) is 4.79 Å². The summed E-state index contributed by atoms with van der Waals surface area (Å²) in [5, 5.41) is 7.12. The van der Waals surface area contributed by atoms with Crippen molar-refractivity contribution in [1.82, 2.24) is 9.88 Å². The first kappa shape index (κ1) is 22.9. The largest absolute Gasteiger partial charge is 0.490 e. The van der Waals surface area contributed by atoms with Crippen molar-refractivity contribution in [2.75, 3.05) is 25.4 Å². The Labute approximate surface area is 177 Å². The van der Waals surface area contributed by atoms with E-state index < -0.39 is 12.1 Å². The number of carbonyl (C=O) groups excluding carboxylic acids is 1. The first-order valence-corrected chi connectivity index (χ1v) is 10.9. The summed E-state index contributed by atoms with van der Waals surface area (Å²) in [6.07, 6.45) is 5.22. The first-order chi connectivity index (χ1) is 14.2. The number of amides is 1. The van der Waals surface area contributed by atoms with Crippen molar-refractivity contribution in [1.29, 1.82) is 0 Å². The average molecular weight is 446 g/mol. The summed E-state index contributed by atoms with van der Waals surface area (Å²) in [7, 11) is 0. The second-order valence-electron chi connectivity index (χ2n) is 8.00. The van der Waals surface area contributed by atoms with Gasteiger partial charge in [-0.05, 0) is 37.3 Å². The Bertz CT molecular complexity index is 735. The number of pyridine rings is 1. The Morgan fingerprint density at radius 1 is 1.23 bits per heavy atom. The van der Waals surface area contributed by atoms with Crippen LogP contribution in [-0.2, 0) is 9.53 Å². The molecule has 10 heteroatoms. The zero-order chi connectivity index (χ0) is 21.8. The highest BCUT2D eigenvalue weighted by atomic mass is 32.2. The summed E-state index contributed by atoms with van der Waals surface area (Å²) in [6, 6.07) is 3.59. The van der Waals surface area contributed by atoms with Crippen molar-refractivity contribution >= 4 is 23.6 Å². The maximum atomic E-state index is 12.4. The summed E-state index contributed by atoms with van der Waals surface area (Å²) >= 11 is 2.01. The number of thioether (sulfide) groups is 1. The molecular weight excluding hydrogens is 421 g/mol. The van der Waals surface area contributed by atoms with Gasteiger partial charge >= 0.3 is 12.1 Å². The molecule has 1 aliphatic carbocycles. The van der Waals surface area contributed by atoms with Gasteiger partial charge in [-0.1, -0.05) is 12.8 Å². The lowest BCUT2D eigenvalue weighted by Gasteiger charge is -2.47. The van der Waals surface area contributed by atoms with Crippen LogP contribution in [0.25, 0.3) is 0 Å². The van der Waals surface area contributed by atoms with Crippen molar-refractivity contribution in [3.63, 3.8) is 0 Å². The van der Waals surface area contributed by atoms with Crippen LogP contribution in [0.4, 0.5) is 13.2 Å². The van der Waals surface area contributed by atoms with Gasteiger partial charge in [-0.15, -0.1) is 11.8 Å². The van der Waals surface area contributed by atoms with Gasteiger partial charge in [0, 0.05) is 43.4 Å². The van der Waals surface area contributed by atoms with E-state index in [9.17, 15) is 18.0 Å². The first-order valence-electron chi connectivity index (χ1n) is 9.93. The summed E-state index contributed by atoms with van der Waals surface area (Å²) in [4.78, 5) is 27.2. The zero-order valence-electron chi connectivity index (χ0n) is 16.4. The molecule has 1 saturated carbocycles. The second kappa shape index (κ2) is 9.55. The summed E-state index contributed by atoms with van der Waals surface area (Å²) in [6.45, 7) is 2.67. The molecule has 30 heavy (non-hydrogen) atoms. The minimum Gasteiger partial charge on any atom is -0.475 e. The van der Waals surface area contributed by atoms with Crippen LogP contribution in [0.2, 0.25) is 0 Å². The van der Waals surface area contributed by atoms with E-state index in [0.29, 0.717) is 6.10 Å². The van der Waals surface area contributed by atoms with Crippen LogP contribution in [0.5, 0.6) is 0 Å². The predicted molar refractivity (Wildman–Crippen MR) is 105 cm³/mol. The molecule has 1 unspecified atom stereocenters. The number of carbonyl (C=O) groups is 2. The number of ether oxygens (including phenoxy) is 1. The monoisotopic (exact) mass is 446 g/mol. The highest BCUT2D eigenvalue weighted by Crippen LogP contribution is 2.46. The van der Waals surface area contributed by atoms with E-state index in [2.05, 4.69) is 4.98 Å². The number of carboxylic acids is 1. The number of nitrogens with zero attached hydrogens (tertiary/aromatic N) is 2. The van der Waals surface area contributed by atoms with Crippen LogP contribution in [0.3, 0.4) is 0 Å². The molecule has 1 aromatic rings. The molecule has 3 aliphatic rings. The van der Waals surface area contributed by atoms with Gasteiger partial charge in [-0.3, -0.25) is 9.78 Å². The van der Waals surface area contributed by atoms with Gasteiger partial charge in [0.1, 0.15) is 0 Å². The standard InChI is InChI=1S/C18H24N2O2S.C2HF3O2/c21-17(15-5-7-19-8-6-15)20-12-18(13-20)9-16(11-23-18)22-10-14-3-1-2-4-14;3-2(4,5)1(6)7/h5-8,14,16H,1-4,9-13H2;(H,6,7). The third-order valence-corrected chi connectivity index (χ3v) is 7.21. The van der Waals surface area contributed by atoms with E-state index in [1.165, 1.54) is 25.7 Å². The molecule has 0 aromatic carbocycles. The number of rotatable bonds is 4. The number of likely N-dealkylation sites (tertiary alicyclic amines) is 1. The highest BCUT2D eigenvalue weighted by molar-refractivity contribution is 8.01. The summed E-state index contributed by atoms with van der Waals surface area (Å²) < 4.78 is 38.2. The SMILES string of the molecule is O=C(O)C(F)(F)F.O=C(c1ccncc1)N1CC2(CC(OCC3CCCC3)CS2)C1. The number of aromatic nitrogens is 1. The van der Waals surface area contributed by atoms with Gasteiger partial charge in [-0.2, -0.15) is 13.2 Å². The fourth-order valence-corrected chi connectivity index (χ4v) is 5.60. The third kappa shape index (κ3) is 5.87. The van der Waals surface area contributed by atoms with Crippen LogP contribution in [-0.4, -0.2) is 69.3 Å². The maximum Gasteiger partial charge on any atom is 0.490 e. The Kier molecular flexibility index (Phi) is 7.28. The molecule has 0 bridgehead atoms. The van der Waals surface area contributed by atoms with Gasteiger partial charge in [0.15, 0.2) is 0 Å². The van der Waals surface area contributed by atoms with Gasteiger partial charge < -0.3 is 14.7 Å². The van der Waals surface area contributed by atoms with E-state index in [-0.39, 0.29) is 10.7 Å². The van der Waals surface area contributed by atoms with Gasteiger partial charge in [0.05, 0.1) is 10.9 Å². The Morgan fingerprint density at radius 3 is 2.40 bits per heavy atom. The van der Waals surface area contributed by atoms with E-state index in [4.69, 9.17) is 14.6 Å². The molecule has 1 N–H and O–H groups in total. The number of hydrogen-bond acceptors (Lipinski definition) is 5. The number of aliphatic carboxylic acids is 1. The van der Waals surface area contributed by atoms with Crippen LogP contribution in [0.15, 0.2) is 24.5 Å². The lowest BCUT2D eigenvalue weighted by molar-refractivity contribution is -0.192. The lowest BCUT2D eigenvalue weighted by Crippen LogP contribution is -2.60. The molecule has 1 aromatic heterocycles. The Balaban J connectivity index is 0.000000318.